The van der Waals surface area contributed by atoms with Crippen LogP contribution in [-0.4, -0.2) is 54.1 Å². The summed E-state index contributed by atoms with van der Waals surface area (Å²) in [5, 5.41) is 2.24. The van der Waals surface area contributed by atoms with E-state index >= 15 is 0 Å². The lowest BCUT2D eigenvalue weighted by molar-refractivity contribution is 0.0746. The molecule has 0 aliphatic carbocycles. The number of aromatic nitrogens is 2. The molecule has 0 spiro atoms. The summed E-state index contributed by atoms with van der Waals surface area (Å²) in [4.78, 5) is 26.9. The van der Waals surface area contributed by atoms with E-state index in [1.165, 1.54) is 5.56 Å². The van der Waals surface area contributed by atoms with Crippen LogP contribution >= 0.6 is 0 Å². The van der Waals surface area contributed by atoms with Crippen molar-refractivity contribution in [3.63, 3.8) is 0 Å². The van der Waals surface area contributed by atoms with Gasteiger partial charge in [0.2, 0.25) is 0 Å². The lowest BCUT2D eigenvalue weighted by Gasteiger charge is -2.36. The molecule has 0 unspecified atom stereocenters. The molecule has 1 aliphatic rings. The molecule has 1 saturated heterocycles. The predicted molar refractivity (Wildman–Crippen MR) is 139 cm³/mol. The summed E-state index contributed by atoms with van der Waals surface area (Å²) in [7, 11) is 1.68. The third kappa shape index (κ3) is 4.83. The zero-order chi connectivity index (χ0) is 24.4. The average Bonchev–Trinajstić information content (AvgIpc) is 2.90. The van der Waals surface area contributed by atoms with Gasteiger partial charge in [-0.25, -0.2) is 9.97 Å². The van der Waals surface area contributed by atoms with Crippen molar-refractivity contribution in [2.24, 2.45) is 0 Å². The second-order valence-corrected chi connectivity index (χ2v) is 9.02. The maximum absolute atomic E-state index is 13.2. The van der Waals surface area contributed by atoms with Gasteiger partial charge in [-0.15, -0.1) is 0 Å². The lowest BCUT2D eigenvalue weighted by atomic mass is 10.0. The number of anilines is 1. The first-order chi connectivity index (χ1) is 17.0. The number of hydrogen-bond donors (Lipinski definition) is 0. The number of ether oxygens (including phenoxy) is 1. The Labute approximate surface area is 206 Å². The number of rotatable bonds is 5. The number of carbonyl (C=O) groups is 1. The highest BCUT2D eigenvalue weighted by molar-refractivity contribution is 5.98. The topological polar surface area (TPSA) is 58.6 Å². The smallest absolute Gasteiger partial charge is 0.253 e. The summed E-state index contributed by atoms with van der Waals surface area (Å²) in [6, 6.07) is 22.2. The summed E-state index contributed by atoms with van der Waals surface area (Å²) < 4.78 is 5.29. The second-order valence-electron chi connectivity index (χ2n) is 9.02. The van der Waals surface area contributed by atoms with E-state index in [4.69, 9.17) is 9.72 Å². The normalized spacial score (nSPS) is 13.8. The average molecular weight is 467 g/mol. The van der Waals surface area contributed by atoms with Gasteiger partial charge < -0.3 is 14.5 Å². The number of benzene rings is 3. The molecule has 0 N–H and O–H groups in total. The zero-order valence-corrected chi connectivity index (χ0v) is 20.5. The number of fused-ring (bicyclic) bond motifs is 1. The van der Waals surface area contributed by atoms with E-state index in [0.29, 0.717) is 13.1 Å². The number of hydrogen-bond acceptors (Lipinski definition) is 5. The second kappa shape index (κ2) is 9.74. The molecule has 2 heterocycles. The van der Waals surface area contributed by atoms with Gasteiger partial charge in [-0.3, -0.25) is 4.79 Å². The van der Waals surface area contributed by atoms with Crippen molar-refractivity contribution in [3.8, 4) is 5.75 Å². The third-order valence-corrected chi connectivity index (χ3v) is 6.71. The van der Waals surface area contributed by atoms with Crippen LogP contribution in [0.25, 0.3) is 10.8 Å². The number of nitrogens with zero attached hydrogens (tertiary/aromatic N) is 4. The fourth-order valence-corrected chi connectivity index (χ4v) is 4.76. The van der Waals surface area contributed by atoms with Crippen LogP contribution < -0.4 is 9.64 Å². The molecule has 35 heavy (non-hydrogen) atoms. The summed E-state index contributed by atoms with van der Waals surface area (Å²) in [6.07, 6.45) is 0.752. The molecule has 1 amide bonds. The minimum absolute atomic E-state index is 0.0870. The van der Waals surface area contributed by atoms with Crippen molar-refractivity contribution in [2.45, 2.75) is 20.3 Å². The van der Waals surface area contributed by atoms with Crippen molar-refractivity contribution >= 4 is 22.5 Å². The molecule has 6 heteroatoms. The van der Waals surface area contributed by atoms with Crippen LogP contribution in [0.1, 0.15) is 33.0 Å². The van der Waals surface area contributed by atoms with Crippen LogP contribution in [-0.2, 0) is 6.42 Å². The molecule has 1 fully saturated rings. The van der Waals surface area contributed by atoms with Gasteiger partial charge in [0.1, 0.15) is 17.4 Å². The SMILES string of the molecule is COc1ccc(Cc2c(C)nc(C)nc2N2CCN(C(=O)c3ccc4ccccc4c3)CC2)cc1. The Morgan fingerprint density at radius 2 is 1.60 bits per heavy atom. The molecule has 0 radical (unpaired) electrons. The molecule has 0 saturated carbocycles. The van der Waals surface area contributed by atoms with Crippen LogP contribution in [0.15, 0.2) is 66.7 Å². The Bertz CT molecular complexity index is 1360. The zero-order valence-electron chi connectivity index (χ0n) is 20.5. The summed E-state index contributed by atoms with van der Waals surface area (Å²) >= 11 is 0. The quantitative estimate of drug-likeness (QED) is 0.423. The molecule has 5 rings (SSSR count). The Balaban J connectivity index is 1.33. The van der Waals surface area contributed by atoms with E-state index in [1.807, 2.05) is 60.4 Å². The highest BCUT2D eigenvalue weighted by Crippen LogP contribution is 2.26. The maximum atomic E-state index is 13.2. The Hall–Kier alpha value is -3.93. The molecule has 3 aromatic carbocycles. The van der Waals surface area contributed by atoms with E-state index < -0.39 is 0 Å². The van der Waals surface area contributed by atoms with Gasteiger partial charge in [0.25, 0.3) is 5.91 Å². The summed E-state index contributed by atoms with van der Waals surface area (Å²) in [5.74, 6) is 2.68. The fraction of sp³-hybridized carbons (Fsp3) is 0.276. The minimum Gasteiger partial charge on any atom is -0.497 e. The first kappa shape index (κ1) is 22.8. The lowest BCUT2D eigenvalue weighted by Crippen LogP contribution is -2.49. The van der Waals surface area contributed by atoms with Crippen molar-refractivity contribution < 1.29 is 9.53 Å². The summed E-state index contributed by atoms with van der Waals surface area (Å²) in [6.45, 7) is 6.80. The highest BCUT2D eigenvalue weighted by Gasteiger charge is 2.25. The third-order valence-electron chi connectivity index (χ3n) is 6.71. The van der Waals surface area contributed by atoms with Gasteiger partial charge >= 0.3 is 0 Å². The van der Waals surface area contributed by atoms with E-state index in [2.05, 4.69) is 35.0 Å². The van der Waals surface area contributed by atoms with Crippen molar-refractivity contribution in [2.75, 3.05) is 38.2 Å². The first-order valence-corrected chi connectivity index (χ1v) is 12.0. The number of methoxy groups -OCH3 is 1. The van der Waals surface area contributed by atoms with Gasteiger partial charge in [0.15, 0.2) is 0 Å². The van der Waals surface area contributed by atoms with Crippen LogP contribution in [0, 0.1) is 13.8 Å². The molecule has 0 atom stereocenters. The number of amides is 1. The molecule has 6 nitrogen and oxygen atoms in total. The predicted octanol–water partition coefficient (Wildman–Crippen LogP) is 4.81. The first-order valence-electron chi connectivity index (χ1n) is 12.0. The van der Waals surface area contributed by atoms with Gasteiger partial charge in [-0.2, -0.15) is 0 Å². The Kier molecular flexibility index (Phi) is 6.36. The van der Waals surface area contributed by atoms with Gasteiger partial charge in [-0.1, -0.05) is 42.5 Å². The van der Waals surface area contributed by atoms with E-state index in [-0.39, 0.29) is 5.91 Å². The molecule has 178 valence electrons. The number of carbonyl (C=O) groups excluding carboxylic acids is 1. The Morgan fingerprint density at radius 1 is 0.886 bits per heavy atom. The van der Waals surface area contributed by atoms with Crippen LogP contribution in [0.2, 0.25) is 0 Å². The van der Waals surface area contributed by atoms with E-state index in [1.54, 1.807) is 7.11 Å². The van der Waals surface area contributed by atoms with Gasteiger partial charge in [0.05, 0.1) is 7.11 Å². The number of piperazine rings is 1. The minimum atomic E-state index is 0.0870. The number of aryl methyl sites for hydroxylation is 2. The molecule has 1 aliphatic heterocycles. The van der Waals surface area contributed by atoms with Crippen LogP contribution in [0.4, 0.5) is 5.82 Å². The Morgan fingerprint density at radius 3 is 2.31 bits per heavy atom. The van der Waals surface area contributed by atoms with Crippen molar-refractivity contribution in [1.29, 1.82) is 0 Å². The fourth-order valence-electron chi connectivity index (χ4n) is 4.76. The van der Waals surface area contributed by atoms with Crippen LogP contribution in [0.3, 0.4) is 0 Å². The van der Waals surface area contributed by atoms with Crippen LogP contribution in [0.5, 0.6) is 5.75 Å². The molecular formula is C29H30N4O2. The van der Waals surface area contributed by atoms with Gasteiger partial charge in [0, 0.05) is 49.4 Å². The van der Waals surface area contributed by atoms with E-state index in [0.717, 1.165) is 64.5 Å². The largest absolute Gasteiger partial charge is 0.497 e. The maximum Gasteiger partial charge on any atom is 0.253 e. The molecule has 1 aromatic heterocycles. The monoisotopic (exact) mass is 466 g/mol. The van der Waals surface area contributed by atoms with Crippen molar-refractivity contribution in [3.05, 3.63) is 94.9 Å². The molecule has 4 aromatic rings. The van der Waals surface area contributed by atoms with Gasteiger partial charge in [-0.05, 0) is 54.4 Å². The molecule has 0 bridgehead atoms. The standard InChI is InChI=1S/C29H30N4O2/c1-20-27(18-22-8-12-26(35-3)13-9-22)28(31-21(2)30-20)32-14-16-33(17-15-32)29(34)25-11-10-23-6-4-5-7-24(23)19-25/h4-13,19H,14-18H2,1-3H3. The molecular weight excluding hydrogens is 436 g/mol. The van der Waals surface area contributed by atoms with Crippen molar-refractivity contribution in [1.82, 2.24) is 14.9 Å². The highest BCUT2D eigenvalue weighted by atomic mass is 16.5. The summed E-state index contributed by atoms with van der Waals surface area (Å²) in [5.41, 5.74) is 4.06. The van der Waals surface area contributed by atoms with E-state index in [9.17, 15) is 4.79 Å².